The van der Waals surface area contributed by atoms with Crippen LogP contribution < -0.4 is 4.74 Å². The SMILES string of the molecule is COC(=O)[C@H]1[C@@H](O)[C@@]2(O)c3ncc(Cl)cc3O[C@@]2(c2ccc(C(F)F)cc2)[C@@H]1c1ccccc1. The molecule has 0 unspecified atom stereocenters. The molecule has 1 fully saturated rings. The fourth-order valence-electron chi connectivity index (χ4n) is 5.41. The van der Waals surface area contributed by atoms with Gasteiger partial charge in [-0.25, -0.2) is 8.78 Å². The van der Waals surface area contributed by atoms with Crippen LogP contribution in [0.5, 0.6) is 5.75 Å². The Hall–Kier alpha value is -3.07. The van der Waals surface area contributed by atoms with E-state index in [4.69, 9.17) is 21.1 Å². The Bertz CT molecular complexity index is 1240. The zero-order chi connectivity index (χ0) is 24.3. The molecule has 0 saturated heterocycles. The maximum absolute atomic E-state index is 13.3. The Balaban J connectivity index is 1.84. The summed E-state index contributed by atoms with van der Waals surface area (Å²) in [7, 11) is 1.19. The number of ether oxygens (including phenoxy) is 2. The number of esters is 1. The van der Waals surface area contributed by atoms with Crippen LogP contribution in [0.15, 0.2) is 66.9 Å². The van der Waals surface area contributed by atoms with E-state index in [0.29, 0.717) is 5.56 Å². The van der Waals surface area contributed by atoms with Gasteiger partial charge in [-0.1, -0.05) is 66.2 Å². The predicted octanol–water partition coefficient (Wildman–Crippen LogP) is 4.10. The number of nitrogens with zero attached hydrogens (tertiary/aromatic N) is 1. The van der Waals surface area contributed by atoms with Gasteiger partial charge < -0.3 is 19.7 Å². The Kier molecular flexibility index (Phi) is 5.35. The van der Waals surface area contributed by atoms with Crippen molar-refractivity contribution in [1.29, 1.82) is 0 Å². The third kappa shape index (κ3) is 2.92. The first-order valence-corrected chi connectivity index (χ1v) is 10.9. The van der Waals surface area contributed by atoms with Crippen molar-refractivity contribution in [3.05, 3.63) is 94.3 Å². The minimum Gasteiger partial charge on any atom is -0.476 e. The quantitative estimate of drug-likeness (QED) is 0.539. The van der Waals surface area contributed by atoms with Gasteiger partial charge in [-0.05, 0) is 11.1 Å². The van der Waals surface area contributed by atoms with Crippen LogP contribution in [-0.2, 0) is 20.7 Å². The second kappa shape index (κ2) is 8.01. The van der Waals surface area contributed by atoms with Crippen LogP contribution in [0.4, 0.5) is 8.78 Å². The number of carbonyl (C=O) groups excluding carboxylic acids is 1. The second-order valence-corrected chi connectivity index (χ2v) is 8.85. The number of aliphatic hydroxyl groups is 2. The molecule has 2 heterocycles. The highest BCUT2D eigenvalue weighted by atomic mass is 35.5. The molecule has 1 aromatic heterocycles. The minimum atomic E-state index is -2.70. The number of alkyl halides is 2. The molecule has 1 aliphatic carbocycles. The Labute approximate surface area is 198 Å². The van der Waals surface area contributed by atoms with Crippen molar-refractivity contribution >= 4 is 17.6 Å². The van der Waals surface area contributed by atoms with Gasteiger partial charge in [0.2, 0.25) is 0 Å². The molecule has 0 spiro atoms. The van der Waals surface area contributed by atoms with Gasteiger partial charge in [-0.2, -0.15) is 0 Å². The molecule has 2 N–H and O–H groups in total. The van der Waals surface area contributed by atoms with Gasteiger partial charge in [0.25, 0.3) is 6.43 Å². The number of methoxy groups -OCH3 is 1. The third-order valence-electron chi connectivity index (χ3n) is 6.81. The van der Waals surface area contributed by atoms with Gasteiger partial charge in [0.1, 0.15) is 17.5 Å². The summed E-state index contributed by atoms with van der Waals surface area (Å²) >= 11 is 6.12. The maximum Gasteiger partial charge on any atom is 0.312 e. The molecule has 0 radical (unpaired) electrons. The largest absolute Gasteiger partial charge is 0.476 e. The Morgan fingerprint density at radius 1 is 1.18 bits per heavy atom. The summed E-state index contributed by atoms with van der Waals surface area (Å²) in [5.41, 5.74) is -3.39. The van der Waals surface area contributed by atoms with Crippen molar-refractivity contribution in [1.82, 2.24) is 4.98 Å². The number of pyridine rings is 1. The van der Waals surface area contributed by atoms with Crippen LogP contribution in [0.25, 0.3) is 0 Å². The number of aromatic nitrogens is 1. The summed E-state index contributed by atoms with van der Waals surface area (Å²) in [6.45, 7) is 0. The number of benzene rings is 2. The topological polar surface area (TPSA) is 88.9 Å². The molecule has 9 heteroatoms. The smallest absolute Gasteiger partial charge is 0.312 e. The normalized spacial score (nSPS) is 29.4. The van der Waals surface area contributed by atoms with E-state index in [9.17, 15) is 23.8 Å². The van der Waals surface area contributed by atoms with Gasteiger partial charge >= 0.3 is 5.97 Å². The zero-order valence-corrected chi connectivity index (χ0v) is 18.6. The average Bonchev–Trinajstić information content (AvgIpc) is 3.21. The monoisotopic (exact) mass is 487 g/mol. The van der Waals surface area contributed by atoms with Crippen molar-refractivity contribution in [3.8, 4) is 5.75 Å². The number of rotatable bonds is 4. The maximum atomic E-state index is 13.3. The lowest BCUT2D eigenvalue weighted by atomic mass is 9.71. The summed E-state index contributed by atoms with van der Waals surface area (Å²) in [5, 5.41) is 24.0. The summed E-state index contributed by atoms with van der Waals surface area (Å²) < 4.78 is 38.0. The molecule has 1 saturated carbocycles. The molecular formula is C25H20ClF2NO5. The van der Waals surface area contributed by atoms with E-state index < -0.39 is 41.5 Å². The highest BCUT2D eigenvalue weighted by molar-refractivity contribution is 6.30. The van der Waals surface area contributed by atoms with Crippen molar-refractivity contribution in [3.63, 3.8) is 0 Å². The van der Waals surface area contributed by atoms with Crippen molar-refractivity contribution < 1.29 is 33.3 Å². The van der Waals surface area contributed by atoms with Crippen molar-refractivity contribution in [2.45, 2.75) is 29.6 Å². The first kappa shape index (κ1) is 22.7. The van der Waals surface area contributed by atoms with Crippen molar-refractivity contribution in [2.75, 3.05) is 7.11 Å². The standard InChI is InChI=1S/C25H20ClF2NO5/c1-33-23(31)18-19(13-5-3-2-4-6-13)25(15-9-7-14(8-10-15)22(27)28)24(32,21(18)30)20-17(34-25)11-16(26)12-29-20/h2-12,18-19,21-22,30,32H,1H3/t18-,19-,21-,24+,25+/m1/s1. The molecular weight excluding hydrogens is 468 g/mol. The Morgan fingerprint density at radius 3 is 2.47 bits per heavy atom. The molecule has 6 nitrogen and oxygen atoms in total. The van der Waals surface area contributed by atoms with Gasteiger partial charge in [0.05, 0.1) is 18.1 Å². The molecule has 2 aliphatic rings. The molecule has 3 aromatic rings. The summed E-state index contributed by atoms with van der Waals surface area (Å²) in [4.78, 5) is 17.2. The highest BCUT2D eigenvalue weighted by Gasteiger charge is 2.78. The van der Waals surface area contributed by atoms with Crippen molar-refractivity contribution in [2.24, 2.45) is 5.92 Å². The molecule has 1 aliphatic heterocycles. The minimum absolute atomic E-state index is 0.00493. The van der Waals surface area contributed by atoms with E-state index in [1.807, 2.05) is 0 Å². The van der Waals surface area contributed by atoms with Crippen LogP contribution in [0.3, 0.4) is 0 Å². The first-order chi connectivity index (χ1) is 16.3. The van der Waals surface area contributed by atoms with Gasteiger partial charge in [0.15, 0.2) is 11.2 Å². The molecule has 0 amide bonds. The lowest BCUT2D eigenvalue weighted by molar-refractivity contribution is -0.162. The number of carbonyl (C=O) groups is 1. The summed E-state index contributed by atoms with van der Waals surface area (Å²) in [6.07, 6.45) is -3.10. The van der Waals surface area contributed by atoms with Gasteiger partial charge in [-0.3, -0.25) is 9.78 Å². The summed E-state index contributed by atoms with van der Waals surface area (Å²) in [5.74, 6) is -2.85. The van der Waals surface area contributed by atoms with E-state index in [1.165, 1.54) is 43.6 Å². The van der Waals surface area contributed by atoms with E-state index >= 15 is 0 Å². The zero-order valence-electron chi connectivity index (χ0n) is 17.9. The second-order valence-electron chi connectivity index (χ2n) is 8.41. The van der Waals surface area contributed by atoms with E-state index in [2.05, 4.69) is 4.98 Å². The van der Waals surface area contributed by atoms with Crippen LogP contribution in [0.1, 0.15) is 34.7 Å². The number of hydrogen-bond donors (Lipinski definition) is 2. The third-order valence-corrected chi connectivity index (χ3v) is 7.01. The highest BCUT2D eigenvalue weighted by Crippen LogP contribution is 2.68. The molecule has 176 valence electrons. The van der Waals surface area contributed by atoms with Crippen LogP contribution in [0, 0.1) is 5.92 Å². The lowest BCUT2D eigenvalue weighted by Gasteiger charge is -2.40. The van der Waals surface area contributed by atoms with Crippen LogP contribution in [0.2, 0.25) is 5.02 Å². The molecule has 5 atom stereocenters. The molecule has 5 rings (SSSR count). The number of hydrogen-bond acceptors (Lipinski definition) is 6. The number of aliphatic hydroxyl groups excluding tert-OH is 1. The van der Waals surface area contributed by atoms with Crippen LogP contribution in [-0.4, -0.2) is 34.4 Å². The fourth-order valence-corrected chi connectivity index (χ4v) is 5.55. The first-order valence-electron chi connectivity index (χ1n) is 10.5. The number of fused-ring (bicyclic) bond motifs is 3. The summed E-state index contributed by atoms with van der Waals surface area (Å²) in [6, 6.07) is 15.5. The predicted molar refractivity (Wildman–Crippen MR) is 118 cm³/mol. The fraction of sp³-hybridized carbons (Fsp3) is 0.280. The Morgan fingerprint density at radius 2 is 1.85 bits per heavy atom. The van der Waals surface area contributed by atoms with E-state index in [0.717, 1.165) is 0 Å². The molecule has 2 aromatic carbocycles. The molecule has 0 bridgehead atoms. The van der Waals surface area contributed by atoms with E-state index in [-0.39, 0.29) is 27.6 Å². The van der Waals surface area contributed by atoms with Crippen LogP contribution >= 0.6 is 11.6 Å². The van der Waals surface area contributed by atoms with E-state index in [1.54, 1.807) is 30.3 Å². The average molecular weight is 488 g/mol. The lowest BCUT2D eigenvalue weighted by Crippen LogP contribution is -2.52. The van der Waals surface area contributed by atoms with Gasteiger partial charge in [0, 0.05) is 23.7 Å². The number of halogens is 3. The van der Waals surface area contributed by atoms with Gasteiger partial charge in [-0.15, -0.1) is 0 Å². The molecule has 34 heavy (non-hydrogen) atoms.